The normalized spacial score (nSPS) is 10.3. The summed E-state index contributed by atoms with van der Waals surface area (Å²) in [6.45, 7) is 3.01. The molecule has 7 heteroatoms. The number of hydrogen-bond acceptors (Lipinski definition) is 6. The lowest BCUT2D eigenvalue weighted by Crippen LogP contribution is -2.25. The van der Waals surface area contributed by atoms with Crippen molar-refractivity contribution in [1.29, 1.82) is 0 Å². The van der Waals surface area contributed by atoms with Crippen LogP contribution in [-0.4, -0.2) is 35.3 Å². The molecule has 0 aliphatic carbocycles. The molecule has 1 amide bonds. The van der Waals surface area contributed by atoms with Gasteiger partial charge < -0.3 is 15.8 Å². The first-order valence-corrected chi connectivity index (χ1v) is 6.66. The number of carbonyl (C=O) groups excluding carboxylic acids is 1. The van der Waals surface area contributed by atoms with E-state index in [0.717, 1.165) is 6.42 Å². The first kappa shape index (κ1) is 14.7. The minimum Gasteiger partial charge on any atom is -0.384 e. The number of methoxy groups -OCH3 is 1. The molecule has 1 rings (SSSR count). The minimum absolute atomic E-state index is 0.00711. The zero-order valence-electron chi connectivity index (χ0n) is 10.6. The number of rotatable bonds is 7. The third-order valence-electron chi connectivity index (χ3n) is 1.97. The fraction of sp³-hybridized carbons (Fsp3) is 0.545. The number of nitrogens with one attached hydrogen (secondary N) is 1. The molecule has 1 aromatic rings. The van der Waals surface area contributed by atoms with Gasteiger partial charge in [0.05, 0.1) is 5.75 Å². The lowest BCUT2D eigenvalue weighted by molar-refractivity contribution is -0.118. The summed E-state index contributed by atoms with van der Waals surface area (Å²) < 4.78 is 4.95. The summed E-state index contributed by atoms with van der Waals surface area (Å²) >= 11 is 1.33. The molecule has 0 spiro atoms. The Morgan fingerprint density at radius 2 is 2.33 bits per heavy atom. The van der Waals surface area contributed by atoms with E-state index in [0.29, 0.717) is 35.6 Å². The van der Waals surface area contributed by atoms with Gasteiger partial charge in [-0.25, -0.2) is 9.97 Å². The van der Waals surface area contributed by atoms with E-state index in [9.17, 15) is 4.79 Å². The highest BCUT2D eigenvalue weighted by molar-refractivity contribution is 7.99. The van der Waals surface area contributed by atoms with Crippen LogP contribution in [0.5, 0.6) is 0 Å². The summed E-state index contributed by atoms with van der Waals surface area (Å²) in [5.41, 5.74) is 5.66. The molecule has 100 valence electrons. The zero-order valence-corrected chi connectivity index (χ0v) is 11.4. The number of carbonyl (C=O) groups is 1. The predicted molar refractivity (Wildman–Crippen MR) is 71.2 cm³/mol. The highest BCUT2D eigenvalue weighted by Crippen LogP contribution is 2.17. The van der Waals surface area contributed by atoms with Crippen LogP contribution in [0.3, 0.4) is 0 Å². The van der Waals surface area contributed by atoms with Gasteiger partial charge in [-0.2, -0.15) is 0 Å². The molecule has 1 aromatic heterocycles. The van der Waals surface area contributed by atoms with E-state index in [1.54, 1.807) is 13.2 Å². The number of nitrogens with zero attached hydrogens (tertiary/aromatic N) is 2. The van der Waals surface area contributed by atoms with Gasteiger partial charge in [-0.1, -0.05) is 18.7 Å². The van der Waals surface area contributed by atoms with E-state index in [4.69, 9.17) is 10.5 Å². The van der Waals surface area contributed by atoms with Crippen molar-refractivity contribution in [3.05, 3.63) is 11.9 Å². The Balaban J connectivity index is 2.53. The first-order chi connectivity index (χ1) is 8.65. The largest absolute Gasteiger partial charge is 0.384 e. The van der Waals surface area contributed by atoms with Crippen molar-refractivity contribution in [2.45, 2.75) is 25.0 Å². The number of aromatic nitrogens is 2. The average molecular weight is 270 g/mol. The molecule has 0 fully saturated rings. The van der Waals surface area contributed by atoms with E-state index in [1.807, 2.05) is 6.92 Å². The van der Waals surface area contributed by atoms with E-state index in [1.165, 1.54) is 11.8 Å². The fourth-order valence-electron chi connectivity index (χ4n) is 1.21. The fourth-order valence-corrected chi connectivity index (χ4v) is 1.97. The SMILES string of the molecule is CCCNC(=O)CSc1cc(N)nc(COC)n1. The Morgan fingerprint density at radius 1 is 1.56 bits per heavy atom. The van der Waals surface area contributed by atoms with Crippen LogP contribution in [0, 0.1) is 0 Å². The molecule has 0 saturated heterocycles. The van der Waals surface area contributed by atoms with E-state index < -0.39 is 0 Å². The van der Waals surface area contributed by atoms with Gasteiger partial charge in [-0.15, -0.1) is 0 Å². The smallest absolute Gasteiger partial charge is 0.230 e. The van der Waals surface area contributed by atoms with Crippen molar-refractivity contribution in [2.24, 2.45) is 0 Å². The van der Waals surface area contributed by atoms with Crippen molar-refractivity contribution in [3.63, 3.8) is 0 Å². The maximum Gasteiger partial charge on any atom is 0.230 e. The number of anilines is 1. The molecule has 18 heavy (non-hydrogen) atoms. The third-order valence-corrected chi connectivity index (χ3v) is 2.88. The van der Waals surface area contributed by atoms with Gasteiger partial charge in [0.15, 0.2) is 5.82 Å². The Bertz CT molecular complexity index is 401. The van der Waals surface area contributed by atoms with Gasteiger partial charge in [0.1, 0.15) is 17.5 Å². The summed E-state index contributed by atoms with van der Waals surface area (Å²) in [5, 5.41) is 3.48. The van der Waals surface area contributed by atoms with Crippen LogP contribution in [0.4, 0.5) is 5.82 Å². The lowest BCUT2D eigenvalue weighted by atomic mass is 10.5. The average Bonchev–Trinajstić information content (AvgIpc) is 2.33. The van der Waals surface area contributed by atoms with Crippen molar-refractivity contribution in [3.8, 4) is 0 Å². The van der Waals surface area contributed by atoms with Crippen molar-refractivity contribution in [1.82, 2.24) is 15.3 Å². The maximum atomic E-state index is 11.4. The first-order valence-electron chi connectivity index (χ1n) is 5.67. The van der Waals surface area contributed by atoms with Gasteiger partial charge in [0.25, 0.3) is 0 Å². The molecule has 3 N–H and O–H groups in total. The summed E-state index contributed by atoms with van der Waals surface area (Å²) in [4.78, 5) is 19.7. The monoisotopic (exact) mass is 270 g/mol. The van der Waals surface area contributed by atoms with E-state index in [-0.39, 0.29) is 5.91 Å². The maximum absolute atomic E-state index is 11.4. The third kappa shape index (κ3) is 5.33. The Labute approximate surface area is 111 Å². The number of ether oxygens (including phenoxy) is 1. The highest BCUT2D eigenvalue weighted by atomic mass is 32.2. The number of nitrogens with two attached hydrogens (primary N) is 1. The van der Waals surface area contributed by atoms with E-state index >= 15 is 0 Å². The van der Waals surface area contributed by atoms with Gasteiger partial charge in [-0.05, 0) is 6.42 Å². The Kier molecular flexibility index (Phi) is 6.45. The summed E-state index contributed by atoms with van der Waals surface area (Å²) in [6, 6.07) is 1.65. The number of amides is 1. The standard InChI is InChI=1S/C11H18N4O2S/c1-3-4-13-10(16)7-18-11-5-8(12)14-9(15-11)6-17-2/h5H,3-4,6-7H2,1-2H3,(H,13,16)(H2,12,14,15). The molecule has 0 aliphatic heterocycles. The second-order valence-corrected chi connectivity index (χ2v) is 4.61. The second-order valence-electron chi connectivity index (χ2n) is 3.62. The molecule has 0 aliphatic rings. The molecular weight excluding hydrogens is 252 g/mol. The predicted octanol–water partition coefficient (Wildman–Crippen LogP) is 0.823. The van der Waals surface area contributed by atoms with E-state index in [2.05, 4.69) is 15.3 Å². The topological polar surface area (TPSA) is 90.1 Å². The summed E-state index contributed by atoms with van der Waals surface area (Å²) in [5.74, 6) is 1.22. The van der Waals surface area contributed by atoms with Crippen molar-refractivity contribution >= 4 is 23.5 Å². The van der Waals surface area contributed by atoms with Crippen molar-refractivity contribution in [2.75, 3.05) is 25.1 Å². The van der Waals surface area contributed by atoms with Crippen LogP contribution < -0.4 is 11.1 Å². The lowest BCUT2D eigenvalue weighted by Gasteiger charge is -2.05. The van der Waals surface area contributed by atoms with Crippen LogP contribution in [0.2, 0.25) is 0 Å². The van der Waals surface area contributed by atoms with Crippen LogP contribution in [-0.2, 0) is 16.1 Å². The number of thioether (sulfide) groups is 1. The molecule has 1 heterocycles. The van der Waals surface area contributed by atoms with Crippen LogP contribution >= 0.6 is 11.8 Å². The van der Waals surface area contributed by atoms with Gasteiger partial charge >= 0.3 is 0 Å². The van der Waals surface area contributed by atoms with Crippen LogP contribution in [0.15, 0.2) is 11.1 Å². The van der Waals surface area contributed by atoms with Crippen LogP contribution in [0.25, 0.3) is 0 Å². The molecule has 6 nitrogen and oxygen atoms in total. The second kappa shape index (κ2) is 7.88. The number of nitrogen functional groups attached to an aromatic ring is 1. The highest BCUT2D eigenvalue weighted by Gasteiger charge is 2.06. The minimum atomic E-state index is -0.00711. The molecule has 0 radical (unpaired) electrons. The molecule has 0 bridgehead atoms. The Hall–Kier alpha value is -1.34. The molecule has 0 atom stereocenters. The summed E-state index contributed by atoms with van der Waals surface area (Å²) in [7, 11) is 1.57. The number of hydrogen-bond donors (Lipinski definition) is 2. The quantitative estimate of drug-likeness (QED) is 0.563. The Morgan fingerprint density at radius 3 is 3.00 bits per heavy atom. The van der Waals surface area contributed by atoms with Gasteiger partial charge in [0, 0.05) is 19.7 Å². The molecule has 0 unspecified atom stereocenters. The van der Waals surface area contributed by atoms with Crippen LogP contribution in [0.1, 0.15) is 19.2 Å². The molecular formula is C11H18N4O2S. The molecule has 0 aromatic carbocycles. The van der Waals surface area contributed by atoms with Crippen molar-refractivity contribution < 1.29 is 9.53 Å². The van der Waals surface area contributed by atoms with Gasteiger partial charge in [0.2, 0.25) is 5.91 Å². The van der Waals surface area contributed by atoms with Gasteiger partial charge in [-0.3, -0.25) is 4.79 Å². The zero-order chi connectivity index (χ0) is 13.4. The molecule has 0 saturated carbocycles. The summed E-state index contributed by atoms with van der Waals surface area (Å²) in [6.07, 6.45) is 0.925.